The van der Waals surface area contributed by atoms with E-state index < -0.39 is 76.2 Å². The fourth-order valence-electron chi connectivity index (χ4n) is 7.75. The summed E-state index contributed by atoms with van der Waals surface area (Å²) in [6.07, 6.45) is 0.243. The summed E-state index contributed by atoms with van der Waals surface area (Å²) in [6, 6.07) is 4.50. The Hall–Kier alpha value is -2.44. The molecule has 2 saturated heterocycles. The van der Waals surface area contributed by atoms with Gasteiger partial charge in [0.1, 0.15) is 17.0 Å². The van der Waals surface area contributed by atoms with Crippen molar-refractivity contribution >= 4 is 40.7 Å². The number of fused-ring (bicyclic) bond motifs is 3. The van der Waals surface area contributed by atoms with E-state index in [1.165, 1.54) is 12.1 Å². The maximum atomic E-state index is 15.9. The van der Waals surface area contributed by atoms with Gasteiger partial charge in [-0.1, -0.05) is 29.3 Å². The zero-order valence-corrected chi connectivity index (χ0v) is 23.8. The number of ether oxygens (including phenoxy) is 1. The molecule has 2 aromatic carbocycles. The number of hydrogen-bond donors (Lipinski definition) is 4. The SMILES string of the molecule is O=C(N[C@@H]1CC[C@@H](CO)OC1)[C@@H]1NC2(CC(CF)(CF)C2)[C@@]2(C(=O)Nc3cc(Cl)ccc32)[C@H]1c1cc(F)cc(Cl)c1F. The van der Waals surface area contributed by atoms with E-state index in [4.69, 9.17) is 27.9 Å². The van der Waals surface area contributed by atoms with Crippen LogP contribution in [-0.4, -0.2) is 67.2 Å². The van der Waals surface area contributed by atoms with Gasteiger partial charge in [0.05, 0.1) is 49.8 Å². The van der Waals surface area contributed by atoms with Crippen molar-refractivity contribution < 1.29 is 37.0 Å². The highest BCUT2D eigenvalue weighted by atomic mass is 35.5. The highest BCUT2D eigenvalue weighted by molar-refractivity contribution is 6.31. The molecule has 5 atom stereocenters. The van der Waals surface area contributed by atoms with E-state index in [2.05, 4.69) is 16.0 Å². The van der Waals surface area contributed by atoms with Gasteiger partial charge < -0.3 is 20.5 Å². The standard InChI is InChI=1S/C29H29Cl2F4N3O4/c30-14-1-4-19-21(5-14)37-26(41)29(19)22(18-6-15(34)7-20(31)23(18)35)24(38-28(29)10-27(11-28,12-32)13-33)25(40)36-16-2-3-17(8-39)42-9-16/h1,4-7,16-17,22,24,38-39H,2-3,8-13H2,(H,36,40)(H,37,41)/t16-,17+,22+,24-,29-/m1/s1. The first-order valence-electron chi connectivity index (χ1n) is 13.7. The number of aliphatic hydroxyl groups is 1. The summed E-state index contributed by atoms with van der Waals surface area (Å²) < 4.78 is 64.8. The van der Waals surface area contributed by atoms with Crippen molar-refractivity contribution in [3.05, 3.63) is 63.1 Å². The Morgan fingerprint density at radius 2 is 1.86 bits per heavy atom. The fourth-order valence-corrected chi connectivity index (χ4v) is 8.14. The van der Waals surface area contributed by atoms with Crippen molar-refractivity contribution in [2.24, 2.45) is 5.41 Å². The molecule has 0 bridgehead atoms. The monoisotopic (exact) mass is 629 g/mol. The lowest BCUT2D eigenvalue weighted by atomic mass is 9.46. The van der Waals surface area contributed by atoms with Gasteiger partial charge in [-0.3, -0.25) is 23.7 Å². The first kappa shape index (κ1) is 29.6. The van der Waals surface area contributed by atoms with Crippen molar-refractivity contribution in [1.82, 2.24) is 10.6 Å². The molecule has 226 valence electrons. The second-order valence-electron chi connectivity index (χ2n) is 12.0. The van der Waals surface area contributed by atoms with Gasteiger partial charge in [-0.15, -0.1) is 0 Å². The largest absolute Gasteiger partial charge is 0.394 e. The summed E-state index contributed by atoms with van der Waals surface area (Å²) in [5.41, 5.74) is -4.28. The smallest absolute Gasteiger partial charge is 0.238 e. The minimum atomic E-state index is -1.79. The normalized spacial score (nSPS) is 30.7. The van der Waals surface area contributed by atoms with Crippen LogP contribution in [0.4, 0.5) is 23.2 Å². The molecule has 7 nitrogen and oxygen atoms in total. The lowest BCUT2D eigenvalue weighted by Crippen LogP contribution is -2.70. The second kappa shape index (κ2) is 10.6. The number of hydrogen-bond acceptors (Lipinski definition) is 5. The summed E-state index contributed by atoms with van der Waals surface area (Å²) in [6.45, 7) is -2.07. The van der Waals surface area contributed by atoms with Crippen LogP contribution in [0, 0.1) is 17.0 Å². The van der Waals surface area contributed by atoms with Gasteiger partial charge in [0.2, 0.25) is 11.8 Å². The molecule has 2 amide bonds. The van der Waals surface area contributed by atoms with Gasteiger partial charge in [-0.05, 0) is 61.1 Å². The Labute approximate surface area is 249 Å². The molecule has 1 aliphatic carbocycles. The van der Waals surface area contributed by atoms with Crippen LogP contribution in [0.5, 0.6) is 0 Å². The number of rotatable bonds is 6. The van der Waals surface area contributed by atoms with Crippen molar-refractivity contribution in [2.75, 3.05) is 31.9 Å². The zero-order chi connectivity index (χ0) is 30.0. The average molecular weight is 630 g/mol. The molecular formula is C29H29Cl2F4N3O4. The molecule has 3 heterocycles. The Balaban J connectivity index is 1.52. The number of amides is 2. The number of alkyl halides is 2. The summed E-state index contributed by atoms with van der Waals surface area (Å²) in [5.74, 6) is -4.53. The molecule has 13 heteroatoms. The van der Waals surface area contributed by atoms with Crippen LogP contribution in [0.3, 0.4) is 0 Å². The number of nitrogens with one attached hydrogen (secondary N) is 3. The first-order chi connectivity index (χ1) is 20.0. The third-order valence-electron chi connectivity index (χ3n) is 9.48. The van der Waals surface area contributed by atoms with E-state index in [9.17, 15) is 27.9 Å². The van der Waals surface area contributed by atoms with E-state index in [0.29, 0.717) is 29.1 Å². The third-order valence-corrected chi connectivity index (χ3v) is 9.99. The van der Waals surface area contributed by atoms with Gasteiger partial charge >= 0.3 is 0 Å². The molecule has 42 heavy (non-hydrogen) atoms. The molecular weight excluding hydrogens is 601 g/mol. The van der Waals surface area contributed by atoms with Crippen LogP contribution in [0.15, 0.2) is 30.3 Å². The van der Waals surface area contributed by atoms with Crippen LogP contribution in [0.25, 0.3) is 0 Å². The minimum Gasteiger partial charge on any atom is -0.394 e. The summed E-state index contributed by atoms with van der Waals surface area (Å²) >= 11 is 12.3. The molecule has 0 aromatic heterocycles. The van der Waals surface area contributed by atoms with Gasteiger partial charge in [0, 0.05) is 27.6 Å². The number of anilines is 1. The first-order valence-corrected chi connectivity index (χ1v) is 14.5. The van der Waals surface area contributed by atoms with Gasteiger partial charge in [0.15, 0.2) is 0 Å². The molecule has 3 aliphatic heterocycles. The molecule has 3 fully saturated rings. The molecule has 2 aromatic rings. The number of halogens is 6. The molecule has 4 aliphatic rings. The van der Waals surface area contributed by atoms with Crippen molar-refractivity contribution in [2.45, 2.75) is 60.7 Å². The van der Waals surface area contributed by atoms with E-state index >= 15 is 4.39 Å². The summed E-state index contributed by atoms with van der Waals surface area (Å²) in [5, 5.41) is 18.0. The number of aliphatic hydroxyl groups excluding tert-OH is 1. The summed E-state index contributed by atoms with van der Waals surface area (Å²) in [7, 11) is 0. The quantitative estimate of drug-likeness (QED) is 0.282. The molecule has 1 saturated carbocycles. The van der Waals surface area contributed by atoms with Crippen LogP contribution < -0.4 is 16.0 Å². The predicted octanol–water partition coefficient (Wildman–Crippen LogP) is 4.33. The predicted molar refractivity (Wildman–Crippen MR) is 147 cm³/mol. The highest BCUT2D eigenvalue weighted by Gasteiger charge is 2.78. The van der Waals surface area contributed by atoms with Crippen LogP contribution in [0.2, 0.25) is 10.0 Å². The third kappa shape index (κ3) is 4.26. The molecule has 6 rings (SSSR count). The maximum Gasteiger partial charge on any atom is 0.238 e. The Morgan fingerprint density at radius 1 is 1.12 bits per heavy atom. The van der Waals surface area contributed by atoms with Gasteiger partial charge in [-0.25, -0.2) is 8.78 Å². The molecule has 2 spiro atoms. The van der Waals surface area contributed by atoms with E-state index in [1.807, 2.05) is 0 Å². The molecule has 0 radical (unpaired) electrons. The van der Waals surface area contributed by atoms with Crippen molar-refractivity contribution in [1.29, 1.82) is 0 Å². The van der Waals surface area contributed by atoms with Gasteiger partial charge in [0.25, 0.3) is 0 Å². The average Bonchev–Trinajstić information content (AvgIpc) is 3.42. The fraction of sp³-hybridized carbons (Fsp3) is 0.517. The van der Waals surface area contributed by atoms with Crippen LogP contribution in [-0.2, 0) is 19.7 Å². The maximum absolute atomic E-state index is 15.9. The summed E-state index contributed by atoms with van der Waals surface area (Å²) in [4.78, 5) is 28.3. The Bertz CT molecular complexity index is 1430. The Kier molecular flexibility index (Phi) is 7.49. The van der Waals surface area contributed by atoms with Crippen LogP contribution in [0.1, 0.15) is 42.7 Å². The topological polar surface area (TPSA) is 99.7 Å². The van der Waals surface area contributed by atoms with E-state index in [1.54, 1.807) is 6.07 Å². The number of benzene rings is 2. The molecule has 0 unspecified atom stereocenters. The van der Waals surface area contributed by atoms with Gasteiger partial charge in [-0.2, -0.15) is 0 Å². The van der Waals surface area contributed by atoms with Crippen molar-refractivity contribution in [3.8, 4) is 0 Å². The number of carbonyl (C=O) groups excluding carboxylic acids is 2. The zero-order valence-electron chi connectivity index (χ0n) is 22.3. The van der Waals surface area contributed by atoms with Crippen molar-refractivity contribution in [3.63, 3.8) is 0 Å². The van der Waals surface area contributed by atoms with E-state index in [0.717, 1.165) is 12.1 Å². The Morgan fingerprint density at radius 3 is 2.50 bits per heavy atom. The van der Waals surface area contributed by atoms with E-state index in [-0.39, 0.29) is 37.7 Å². The molecule has 4 N–H and O–H groups in total. The highest BCUT2D eigenvalue weighted by Crippen LogP contribution is 2.68. The lowest BCUT2D eigenvalue weighted by Gasteiger charge is -2.59. The minimum absolute atomic E-state index is 0.111. The second-order valence-corrected chi connectivity index (χ2v) is 12.8. The number of carbonyl (C=O) groups is 2. The lowest BCUT2D eigenvalue weighted by molar-refractivity contribution is -0.131. The van der Waals surface area contributed by atoms with Crippen LogP contribution >= 0.6 is 23.2 Å².